The highest BCUT2D eigenvalue weighted by molar-refractivity contribution is 6.13. The second kappa shape index (κ2) is 43.2. The van der Waals surface area contributed by atoms with Gasteiger partial charge in [-0.05, 0) is 67.3 Å². The molecule has 0 aliphatic carbocycles. The Hall–Kier alpha value is -6.66. The lowest BCUT2D eigenvalue weighted by Gasteiger charge is -2.40. The van der Waals surface area contributed by atoms with Crippen LogP contribution >= 0.6 is 0 Å². The summed E-state index contributed by atoms with van der Waals surface area (Å²) in [5.74, 6) is -4.40. The molecule has 7 N–H and O–H groups in total. The topological polar surface area (TPSA) is 312 Å². The molecule has 0 bridgehead atoms. The van der Waals surface area contributed by atoms with Crippen molar-refractivity contribution in [2.45, 2.75) is 97.8 Å². The molecule has 502 valence electrons. The van der Waals surface area contributed by atoms with Crippen molar-refractivity contribution in [3.8, 4) is 11.3 Å². The molecule has 25 nitrogen and oxygen atoms in total. The van der Waals surface area contributed by atoms with Crippen molar-refractivity contribution in [2.24, 2.45) is 17.1 Å². The van der Waals surface area contributed by atoms with E-state index in [1.165, 1.54) is 17.1 Å². The smallest absolute Gasteiger partial charge is 0.253 e. The van der Waals surface area contributed by atoms with E-state index in [0.29, 0.717) is 124 Å². The molecule has 0 spiro atoms. The van der Waals surface area contributed by atoms with Crippen molar-refractivity contribution in [1.29, 1.82) is 0 Å². The van der Waals surface area contributed by atoms with Crippen LogP contribution in [-0.4, -0.2) is 223 Å². The number of halogens is 2. The third-order valence-electron chi connectivity index (χ3n) is 13.9. The summed E-state index contributed by atoms with van der Waals surface area (Å²) in [6.45, 7) is 15.0. The van der Waals surface area contributed by atoms with E-state index in [9.17, 15) is 43.1 Å². The van der Waals surface area contributed by atoms with Crippen molar-refractivity contribution in [3.05, 3.63) is 89.9 Å². The standard InChI is InChI=1S/C63H95F2N9O16/c1-46(2)58(71-54(77)20-26-83-28-30-85-32-34-87-36-38-89-40-41-90-39-37-88-35-33-86-31-29-84-27-23-67-53(76)19-25-73-55(78)17-18-56(73)79)62(82)70-51(14-9-10-21-66)61(81)68-22-11-24-74(57(80)45-75)59(63(3,4)5)60-69-52(49-42-48(64)15-16-50(49)65)44-72(60)43-47-12-7-6-8-13-47/h6-8,12-13,15-18,42,44,46,51,58-59,75H,9-11,14,19-41,43,45,66H2,1-5H3,(H,67,76)(H,68,81)(H,70,82)(H,71,77)/t51-,58-,59-/m0/s1. The zero-order valence-electron chi connectivity index (χ0n) is 52.9. The maximum atomic E-state index is 15.2. The molecular weight excluding hydrogens is 1180 g/mol. The van der Waals surface area contributed by atoms with Crippen molar-refractivity contribution >= 4 is 41.4 Å². The highest BCUT2D eigenvalue weighted by Gasteiger charge is 2.38. The second-order valence-electron chi connectivity index (χ2n) is 22.4. The van der Waals surface area contributed by atoms with Crippen LogP contribution in [0.3, 0.4) is 0 Å². The number of unbranched alkanes of at least 4 members (excludes halogenated alkanes) is 1. The number of amides is 7. The van der Waals surface area contributed by atoms with Crippen LogP contribution in [0, 0.1) is 23.0 Å². The van der Waals surface area contributed by atoms with Gasteiger partial charge in [-0.15, -0.1) is 0 Å². The molecule has 90 heavy (non-hydrogen) atoms. The minimum absolute atomic E-state index is 0.0217. The minimum Gasteiger partial charge on any atom is -0.387 e. The fraction of sp³-hybridized carbons (Fsp3) is 0.619. The number of rotatable bonds is 49. The van der Waals surface area contributed by atoms with Crippen molar-refractivity contribution in [2.75, 3.05) is 145 Å². The summed E-state index contributed by atoms with van der Waals surface area (Å²) >= 11 is 0. The average Bonchev–Trinajstić information content (AvgIpc) is 1.60. The number of nitrogens with zero attached hydrogens (tertiary/aromatic N) is 4. The Morgan fingerprint density at radius 3 is 1.76 bits per heavy atom. The molecule has 3 atom stereocenters. The van der Waals surface area contributed by atoms with Gasteiger partial charge in [0.1, 0.15) is 36.1 Å². The Morgan fingerprint density at radius 1 is 0.667 bits per heavy atom. The monoisotopic (exact) mass is 1270 g/mol. The summed E-state index contributed by atoms with van der Waals surface area (Å²) in [6.07, 6.45) is 5.62. The Bertz CT molecular complexity index is 2640. The first-order valence-electron chi connectivity index (χ1n) is 30.8. The van der Waals surface area contributed by atoms with Gasteiger partial charge >= 0.3 is 0 Å². The van der Waals surface area contributed by atoms with E-state index in [-0.39, 0.29) is 88.2 Å². The van der Waals surface area contributed by atoms with Crippen molar-refractivity contribution < 1.29 is 85.3 Å². The number of hydrogen-bond acceptors (Lipinski definition) is 18. The lowest BCUT2D eigenvalue weighted by Crippen LogP contribution is -2.55. The number of aromatic nitrogens is 2. The Morgan fingerprint density at radius 2 is 1.22 bits per heavy atom. The molecule has 1 aliphatic heterocycles. The van der Waals surface area contributed by atoms with Crippen molar-refractivity contribution in [3.63, 3.8) is 0 Å². The predicted octanol–water partition coefficient (Wildman–Crippen LogP) is 3.00. The molecule has 0 fully saturated rings. The average molecular weight is 1270 g/mol. The van der Waals surface area contributed by atoms with Crippen LogP contribution in [0.5, 0.6) is 0 Å². The highest BCUT2D eigenvalue weighted by atomic mass is 19.1. The van der Waals surface area contributed by atoms with Crippen LogP contribution in [0.1, 0.15) is 90.6 Å². The molecule has 0 radical (unpaired) electrons. The summed E-state index contributed by atoms with van der Waals surface area (Å²) in [6, 6.07) is 9.87. The maximum Gasteiger partial charge on any atom is 0.253 e. The lowest BCUT2D eigenvalue weighted by atomic mass is 9.84. The fourth-order valence-corrected chi connectivity index (χ4v) is 9.27. The molecule has 27 heteroatoms. The summed E-state index contributed by atoms with van der Waals surface area (Å²) in [4.78, 5) is 96.6. The first-order chi connectivity index (χ1) is 43.3. The fourth-order valence-electron chi connectivity index (χ4n) is 9.27. The molecular formula is C63H95F2N9O16. The van der Waals surface area contributed by atoms with Gasteiger partial charge in [-0.1, -0.05) is 65.0 Å². The van der Waals surface area contributed by atoms with Gasteiger partial charge in [-0.3, -0.25) is 38.5 Å². The van der Waals surface area contributed by atoms with Gasteiger partial charge < -0.3 is 79.5 Å². The molecule has 3 aromatic rings. The molecule has 7 amide bonds. The number of benzene rings is 2. The second-order valence-corrected chi connectivity index (χ2v) is 22.4. The first-order valence-corrected chi connectivity index (χ1v) is 30.8. The molecule has 1 aromatic heterocycles. The van der Waals surface area contributed by atoms with Crippen LogP contribution in [0.4, 0.5) is 8.78 Å². The van der Waals surface area contributed by atoms with Gasteiger partial charge in [0.25, 0.3) is 11.8 Å². The van der Waals surface area contributed by atoms with Crippen molar-refractivity contribution in [1.82, 2.24) is 40.6 Å². The van der Waals surface area contributed by atoms with E-state index >= 15 is 4.39 Å². The van der Waals surface area contributed by atoms with Crippen LogP contribution in [-0.2, 0) is 78.0 Å². The Labute approximate surface area is 526 Å². The van der Waals surface area contributed by atoms with Gasteiger partial charge in [0, 0.05) is 69.5 Å². The van der Waals surface area contributed by atoms with Crippen LogP contribution in [0.15, 0.2) is 66.9 Å². The SMILES string of the molecule is CC(C)[C@H](NC(=O)CCOCCOCCOCCOCCOCCOCCOCCOCCNC(=O)CCN1C(=O)C=CC1=O)C(=O)N[C@@H](CCCCN)C(=O)NCCCN(C(=O)CO)[C@@H](c1nc(-c2cc(F)ccc2F)cn1Cc1ccccc1)C(C)(C)C. The van der Waals surface area contributed by atoms with E-state index < -0.39 is 77.2 Å². The molecule has 2 heterocycles. The van der Waals surface area contributed by atoms with E-state index in [0.717, 1.165) is 28.7 Å². The number of aliphatic hydroxyl groups is 1. The number of nitrogens with one attached hydrogen (secondary N) is 4. The number of aliphatic hydroxyl groups excluding tert-OH is 1. The van der Waals surface area contributed by atoms with Gasteiger partial charge in [-0.2, -0.15) is 0 Å². The van der Waals surface area contributed by atoms with Crippen LogP contribution < -0.4 is 27.0 Å². The molecule has 4 rings (SSSR count). The van der Waals surface area contributed by atoms with E-state index in [1.807, 2.05) is 51.1 Å². The number of hydrogen-bond donors (Lipinski definition) is 6. The molecule has 0 saturated carbocycles. The summed E-state index contributed by atoms with van der Waals surface area (Å²) in [7, 11) is 0. The summed E-state index contributed by atoms with van der Waals surface area (Å²) < 4.78 is 75.5. The molecule has 2 aromatic carbocycles. The van der Waals surface area contributed by atoms with Gasteiger partial charge in [0.15, 0.2) is 0 Å². The zero-order valence-corrected chi connectivity index (χ0v) is 52.9. The third kappa shape index (κ3) is 29.1. The molecule has 1 aliphatic rings. The van der Waals surface area contributed by atoms with E-state index in [4.69, 9.17) is 48.6 Å². The summed E-state index contributed by atoms with van der Waals surface area (Å²) in [5.41, 5.74) is 6.07. The highest BCUT2D eigenvalue weighted by Crippen LogP contribution is 2.39. The third-order valence-corrected chi connectivity index (χ3v) is 13.9. The van der Waals surface area contributed by atoms with Crippen LogP contribution in [0.2, 0.25) is 0 Å². The van der Waals surface area contributed by atoms with Gasteiger partial charge in [-0.25, -0.2) is 13.8 Å². The first kappa shape index (κ1) is 75.8. The summed E-state index contributed by atoms with van der Waals surface area (Å²) in [5, 5.41) is 21.4. The minimum atomic E-state index is -0.970. The number of carbonyl (C=O) groups is 7. The number of imide groups is 1. The van der Waals surface area contributed by atoms with E-state index in [1.54, 1.807) is 24.6 Å². The van der Waals surface area contributed by atoms with E-state index in [2.05, 4.69) is 21.3 Å². The van der Waals surface area contributed by atoms with Gasteiger partial charge in [0.2, 0.25) is 29.5 Å². The number of imidazole rings is 1. The zero-order chi connectivity index (χ0) is 65.5. The number of nitrogens with two attached hydrogens (primary N) is 1. The van der Waals surface area contributed by atoms with Crippen LogP contribution in [0.25, 0.3) is 11.3 Å². The number of ether oxygens (including phenoxy) is 8. The number of carbonyl (C=O) groups excluding carboxylic acids is 7. The van der Waals surface area contributed by atoms with Gasteiger partial charge in [0.05, 0.1) is 117 Å². The Kier molecular flexibility index (Phi) is 36.4. The predicted molar refractivity (Wildman–Crippen MR) is 328 cm³/mol. The maximum absolute atomic E-state index is 15.2. The Balaban J connectivity index is 1.06. The quantitative estimate of drug-likeness (QED) is 0.0350. The molecule has 0 saturated heterocycles. The molecule has 0 unspecified atom stereocenters. The lowest BCUT2D eigenvalue weighted by molar-refractivity contribution is -0.140. The largest absolute Gasteiger partial charge is 0.387 e. The normalized spacial score (nSPS) is 13.4.